The Balaban J connectivity index is 1.75. The molecule has 1 aromatic carbocycles. The Morgan fingerprint density at radius 2 is 1.97 bits per heavy atom. The van der Waals surface area contributed by atoms with Gasteiger partial charge in [0.2, 0.25) is 0 Å². The van der Waals surface area contributed by atoms with Crippen LogP contribution < -0.4 is 4.72 Å². The molecule has 0 unspecified atom stereocenters. The number of rotatable bonds is 9. The molecule has 0 aliphatic heterocycles. The third-order valence-corrected chi connectivity index (χ3v) is 6.48. The quantitative estimate of drug-likeness (QED) is 0.344. The summed E-state index contributed by atoms with van der Waals surface area (Å²) < 4.78 is 10.7. The van der Waals surface area contributed by atoms with Crippen molar-refractivity contribution in [1.82, 2.24) is 14.6 Å². The largest absolute Gasteiger partial charge is 0.470 e. The van der Waals surface area contributed by atoms with E-state index in [0.717, 1.165) is 40.7 Å². The Hall–Kier alpha value is -2.99. The molecule has 0 saturated heterocycles. The van der Waals surface area contributed by atoms with Crippen LogP contribution in [-0.4, -0.2) is 26.3 Å². The van der Waals surface area contributed by atoms with Crippen molar-refractivity contribution in [1.29, 1.82) is 0 Å². The summed E-state index contributed by atoms with van der Waals surface area (Å²) in [5.41, 5.74) is 3.04. The van der Waals surface area contributed by atoms with Crippen molar-refractivity contribution < 1.29 is 4.74 Å². The van der Waals surface area contributed by atoms with E-state index in [-0.39, 0.29) is 0 Å². The lowest BCUT2D eigenvalue weighted by molar-refractivity contribution is 0.335. The average Bonchev–Trinajstić information content (AvgIpc) is 3.17. The predicted molar refractivity (Wildman–Crippen MR) is 131 cm³/mol. The van der Waals surface area contributed by atoms with Crippen LogP contribution in [0.25, 0.3) is 5.65 Å². The molecular weight excluding hydrogens is 392 g/mol. The fourth-order valence-electron chi connectivity index (χ4n) is 2.96. The molecule has 0 fully saturated rings. The van der Waals surface area contributed by atoms with Crippen molar-refractivity contribution >= 4 is 32.6 Å². The maximum absolute atomic E-state index is 5.39. The summed E-state index contributed by atoms with van der Waals surface area (Å²) in [5.74, 6) is 10.7. The highest BCUT2D eigenvalue weighted by Crippen LogP contribution is 2.33. The zero-order chi connectivity index (χ0) is 21.7. The predicted octanol–water partition coefficient (Wildman–Crippen LogP) is 5.90. The van der Waals surface area contributed by atoms with Gasteiger partial charge in [-0.2, -0.15) is 9.61 Å². The first-order valence-corrected chi connectivity index (χ1v) is 11.9. The van der Waals surface area contributed by atoms with E-state index in [1.165, 1.54) is 5.56 Å². The van der Waals surface area contributed by atoms with E-state index in [4.69, 9.17) is 9.84 Å². The van der Waals surface area contributed by atoms with Crippen molar-refractivity contribution in [3.63, 3.8) is 0 Å². The van der Waals surface area contributed by atoms with E-state index in [0.29, 0.717) is 5.92 Å². The number of hydrogen-bond acceptors (Lipinski definition) is 4. The number of aryl methyl sites for hydroxylation is 1. The Bertz CT molecular complexity index is 1160. The highest BCUT2D eigenvalue weighted by molar-refractivity contribution is 8.28. The number of ether oxygens (including phenoxy) is 1. The van der Waals surface area contributed by atoms with Gasteiger partial charge >= 0.3 is 0 Å². The minimum Gasteiger partial charge on any atom is -0.470 e. The minimum absolute atomic E-state index is 0.336. The van der Waals surface area contributed by atoms with E-state index < -0.39 is 9.39 Å². The molecule has 0 aliphatic carbocycles. The number of allylic oxidation sites excluding steroid dienone is 2. The van der Waals surface area contributed by atoms with Crippen molar-refractivity contribution in [3.8, 4) is 0 Å². The first kappa shape index (κ1) is 21.7. The lowest BCUT2D eigenvalue weighted by atomic mass is 10.1. The van der Waals surface area contributed by atoms with Crippen molar-refractivity contribution in [2.75, 3.05) is 4.72 Å². The number of nitrogens with one attached hydrogen (secondary N) is 1. The average molecular weight is 423 g/mol. The fraction of sp³-hybridized carbons (Fsp3) is 0.250. The summed E-state index contributed by atoms with van der Waals surface area (Å²) in [6, 6.07) is 12.3. The molecule has 1 N–H and O–H groups in total. The van der Waals surface area contributed by atoms with Crippen LogP contribution in [0.5, 0.6) is 0 Å². The third kappa shape index (κ3) is 5.13. The second kappa shape index (κ2) is 9.22. The maximum Gasteiger partial charge on any atom is 0.157 e. The molecule has 0 amide bonds. The van der Waals surface area contributed by atoms with Gasteiger partial charge in [-0.25, -0.2) is 4.98 Å². The van der Waals surface area contributed by atoms with Crippen LogP contribution in [-0.2, 0) is 11.2 Å². The summed E-state index contributed by atoms with van der Waals surface area (Å²) in [7, 11) is -1.77. The smallest absolute Gasteiger partial charge is 0.157 e. The fourth-order valence-corrected chi connectivity index (χ4v) is 4.28. The molecule has 0 atom stereocenters. The molecule has 3 aromatic rings. The Morgan fingerprint density at radius 3 is 2.63 bits per heavy atom. The molecule has 0 spiro atoms. The van der Waals surface area contributed by atoms with Gasteiger partial charge in [0.05, 0.1) is 17.7 Å². The van der Waals surface area contributed by atoms with Crippen molar-refractivity contribution in [2.24, 2.45) is 0 Å². The number of fused-ring (bicyclic) bond motifs is 1. The number of nitrogens with zero attached hydrogens (tertiary/aromatic N) is 3. The highest BCUT2D eigenvalue weighted by Gasteiger charge is 2.11. The van der Waals surface area contributed by atoms with Gasteiger partial charge in [-0.1, -0.05) is 50.4 Å². The second-order valence-electron chi connectivity index (χ2n) is 7.58. The molecule has 2 heterocycles. The van der Waals surface area contributed by atoms with Gasteiger partial charge in [0, 0.05) is 23.6 Å². The van der Waals surface area contributed by atoms with E-state index in [9.17, 15) is 0 Å². The van der Waals surface area contributed by atoms with Gasteiger partial charge in [0.25, 0.3) is 0 Å². The van der Waals surface area contributed by atoms with Gasteiger partial charge in [-0.05, 0) is 43.0 Å². The monoisotopic (exact) mass is 422 g/mol. The van der Waals surface area contributed by atoms with Gasteiger partial charge in [0.1, 0.15) is 5.82 Å². The zero-order valence-electron chi connectivity index (χ0n) is 18.0. The molecule has 5 nitrogen and oxygen atoms in total. The summed E-state index contributed by atoms with van der Waals surface area (Å²) in [6.07, 6.45) is 6.93. The molecule has 6 heteroatoms. The van der Waals surface area contributed by atoms with E-state index in [2.05, 4.69) is 66.1 Å². The number of benzene rings is 1. The Labute approximate surface area is 179 Å². The Kier molecular flexibility index (Phi) is 6.67. The molecule has 3 rings (SSSR count). The van der Waals surface area contributed by atoms with Gasteiger partial charge in [0.15, 0.2) is 5.65 Å². The third-order valence-electron chi connectivity index (χ3n) is 4.71. The van der Waals surface area contributed by atoms with E-state index >= 15 is 0 Å². The second-order valence-corrected chi connectivity index (χ2v) is 10.0. The summed E-state index contributed by atoms with van der Waals surface area (Å²) in [6.45, 7) is 10.1. The normalized spacial score (nSPS) is 12.0. The van der Waals surface area contributed by atoms with Crippen LogP contribution in [0.15, 0.2) is 72.2 Å². The topological polar surface area (TPSA) is 51.5 Å². The first-order chi connectivity index (χ1) is 14.3. The molecule has 0 saturated carbocycles. The summed E-state index contributed by atoms with van der Waals surface area (Å²) in [5, 5.41) is 4.69. The van der Waals surface area contributed by atoms with Crippen LogP contribution in [0.2, 0.25) is 0 Å². The Morgan fingerprint density at radius 1 is 1.23 bits per heavy atom. The van der Waals surface area contributed by atoms with Crippen LogP contribution in [0.3, 0.4) is 0 Å². The van der Waals surface area contributed by atoms with Crippen LogP contribution >= 0.6 is 9.39 Å². The van der Waals surface area contributed by atoms with Crippen LogP contribution in [0.1, 0.15) is 44.4 Å². The van der Waals surface area contributed by atoms with Crippen molar-refractivity contribution in [3.05, 3.63) is 78.5 Å². The minimum atomic E-state index is -1.77. The lowest BCUT2D eigenvalue weighted by Crippen LogP contribution is -2.04. The molecule has 30 heavy (non-hydrogen) atoms. The number of aromatic nitrogens is 3. The number of anilines is 1. The lowest BCUT2D eigenvalue weighted by Gasteiger charge is -2.19. The summed E-state index contributed by atoms with van der Waals surface area (Å²) >= 11 is 0. The van der Waals surface area contributed by atoms with Crippen molar-refractivity contribution in [2.45, 2.75) is 44.4 Å². The standard InChI is InChI=1S/C24H30N4OS/c1-7-16-29-19(4)8-9-20-10-12-21(13-11-20)30(5,6)27-23-14-15-25-24-17-22(18(2)3)26-28(23)24/h7,10-18,27H,4-6,8-9H2,1-3H3/b16-7-. The first-order valence-electron chi connectivity index (χ1n) is 9.96. The molecule has 158 valence electrons. The van der Waals surface area contributed by atoms with E-state index in [1.54, 1.807) is 12.5 Å². The molecule has 0 radical (unpaired) electrons. The summed E-state index contributed by atoms with van der Waals surface area (Å²) in [4.78, 5) is 5.49. The SMILES string of the molecule is C=C(CCc1ccc(S(=C)(=C)Nc2ccnc3cc(C(C)C)nn23)cc1)O/C=C\C. The van der Waals surface area contributed by atoms with Crippen LogP contribution in [0, 0.1) is 0 Å². The number of hydrogen-bond donors (Lipinski definition) is 1. The zero-order valence-corrected chi connectivity index (χ0v) is 18.8. The van der Waals surface area contributed by atoms with Gasteiger partial charge in [-0.3, -0.25) is 0 Å². The highest BCUT2D eigenvalue weighted by atomic mass is 32.2. The molecular formula is C24H30N4OS. The van der Waals surface area contributed by atoms with Gasteiger partial charge < -0.3 is 9.46 Å². The molecule has 0 aliphatic rings. The maximum atomic E-state index is 5.39. The molecule has 0 bridgehead atoms. The molecule has 2 aromatic heterocycles. The van der Waals surface area contributed by atoms with Crippen LogP contribution in [0.4, 0.5) is 5.82 Å². The van der Waals surface area contributed by atoms with E-state index in [1.807, 2.05) is 29.6 Å². The van der Waals surface area contributed by atoms with Gasteiger partial charge in [-0.15, -0.1) is 9.39 Å².